The van der Waals surface area contributed by atoms with Crippen LogP contribution in [0.1, 0.15) is 31.4 Å². The van der Waals surface area contributed by atoms with Crippen LogP contribution in [0.2, 0.25) is 32.2 Å². The van der Waals surface area contributed by atoms with Crippen LogP contribution in [0.3, 0.4) is 0 Å². The molecule has 0 spiro atoms. The average Bonchev–Trinajstić information content (AvgIpc) is 3.21. The van der Waals surface area contributed by atoms with Gasteiger partial charge in [-0.05, 0) is 50.9 Å². The Morgan fingerprint density at radius 2 is 0.868 bits per heavy atom. The molecule has 0 aromatic heterocycles. The van der Waals surface area contributed by atoms with Gasteiger partial charge >= 0.3 is 0 Å². The molecule has 0 atom stereocenters. The predicted molar refractivity (Wildman–Crippen MR) is 173 cm³/mol. The first kappa shape index (κ1) is 26.4. The summed E-state index contributed by atoms with van der Waals surface area (Å²) in [7, 11) is -3.38. The molecule has 0 nitrogen and oxygen atoms in total. The van der Waals surface area contributed by atoms with Gasteiger partial charge in [0.15, 0.2) is 0 Å². The summed E-state index contributed by atoms with van der Waals surface area (Å²) in [5, 5.41) is 1.72. The molecule has 1 aliphatic heterocycles. The van der Waals surface area contributed by atoms with E-state index in [-0.39, 0.29) is 0 Å². The van der Waals surface area contributed by atoms with Crippen molar-refractivity contribution in [2.24, 2.45) is 0 Å². The van der Waals surface area contributed by atoms with Crippen molar-refractivity contribution in [1.29, 1.82) is 0 Å². The van der Waals surface area contributed by atoms with E-state index in [0.717, 1.165) is 6.42 Å². The summed E-state index contributed by atoms with van der Waals surface area (Å²) in [5.74, 6) is 0. The van der Waals surface area contributed by atoms with Gasteiger partial charge < -0.3 is 0 Å². The molecule has 5 rings (SSSR count). The molecule has 2 heteroatoms. The highest BCUT2D eigenvalue weighted by Crippen LogP contribution is 2.53. The maximum Gasteiger partial charge on any atom is 0.1000 e. The van der Waals surface area contributed by atoms with Gasteiger partial charge in [-0.2, -0.15) is 0 Å². The van der Waals surface area contributed by atoms with Gasteiger partial charge in [-0.15, -0.1) is 0 Å². The Kier molecular flexibility index (Phi) is 7.31. The second-order valence-electron chi connectivity index (χ2n) is 11.7. The summed E-state index contributed by atoms with van der Waals surface area (Å²) in [6.07, 6.45) is 1.12. The predicted octanol–water partition coefficient (Wildman–Crippen LogP) is 10.7. The Bertz CT molecular complexity index is 1470. The van der Waals surface area contributed by atoms with Crippen molar-refractivity contribution in [2.75, 3.05) is 0 Å². The van der Waals surface area contributed by atoms with E-state index in [9.17, 15) is 0 Å². The molecule has 38 heavy (non-hydrogen) atoms. The molecule has 0 amide bonds. The second kappa shape index (κ2) is 10.5. The van der Waals surface area contributed by atoms with E-state index in [1.165, 1.54) is 45.0 Å². The number of allylic oxidation sites excluding steroid dienone is 3. The van der Waals surface area contributed by atoms with Gasteiger partial charge in [0.05, 0.1) is 16.1 Å². The van der Waals surface area contributed by atoms with E-state index >= 15 is 0 Å². The van der Waals surface area contributed by atoms with Crippen LogP contribution < -0.4 is 0 Å². The zero-order valence-corrected chi connectivity index (χ0v) is 25.8. The van der Waals surface area contributed by atoms with Crippen molar-refractivity contribution in [1.82, 2.24) is 0 Å². The fraction of sp³-hybridized carbons (Fsp3) is 0.222. The van der Waals surface area contributed by atoms with Crippen LogP contribution in [0.5, 0.6) is 0 Å². The van der Waals surface area contributed by atoms with E-state index in [4.69, 9.17) is 0 Å². The molecular weight excluding hydrogens is 489 g/mol. The maximum absolute atomic E-state index is 2.62. The molecule has 4 aromatic rings. The van der Waals surface area contributed by atoms with E-state index in [1.807, 2.05) is 4.82 Å². The molecule has 0 saturated heterocycles. The zero-order chi connectivity index (χ0) is 26.9. The molecule has 0 unspecified atom stereocenters. The smallest absolute Gasteiger partial charge is 0.0783 e. The highest BCUT2D eigenvalue weighted by molar-refractivity contribution is 7.11. The first-order chi connectivity index (χ1) is 18.3. The molecular formula is C36H40Si2. The summed E-state index contributed by atoms with van der Waals surface area (Å²) in [6, 6.07) is 41.5. The van der Waals surface area contributed by atoms with Gasteiger partial charge in [0, 0.05) is 0 Å². The maximum atomic E-state index is 2.62. The van der Waals surface area contributed by atoms with Crippen LogP contribution in [0.15, 0.2) is 119 Å². The lowest BCUT2D eigenvalue weighted by atomic mass is 9.90. The van der Waals surface area contributed by atoms with Crippen LogP contribution in [-0.2, 0) is 0 Å². The lowest BCUT2D eigenvalue weighted by Crippen LogP contribution is -2.44. The van der Waals surface area contributed by atoms with E-state index in [1.54, 1.807) is 10.8 Å². The summed E-state index contributed by atoms with van der Waals surface area (Å²) in [5.41, 5.74) is 11.0. The second-order valence-corrected chi connectivity index (χ2v) is 21.5. The van der Waals surface area contributed by atoms with Crippen molar-refractivity contribution >= 4 is 27.3 Å². The SMILES string of the molecule is CCC1=C(c2ccc(-c3ccccc3)cc2)C(c2ccc(-c3ccccc3)cc2)=C([Si](C)(C)CC)[Si]1(C)C. The Labute approximate surface area is 231 Å². The van der Waals surface area contributed by atoms with E-state index in [2.05, 4.69) is 149 Å². The molecule has 0 aliphatic carbocycles. The minimum absolute atomic E-state index is 1.12. The largest absolute Gasteiger partial charge is 0.1000 e. The van der Waals surface area contributed by atoms with Gasteiger partial charge in [-0.1, -0.05) is 165 Å². The number of hydrogen-bond donors (Lipinski definition) is 0. The third-order valence-electron chi connectivity index (χ3n) is 8.66. The third-order valence-corrected chi connectivity index (χ3v) is 19.5. The summed E-state index contributed by atoms with van der Waals surface area (Å²) < 4.78 is 0. The Morgan fingerprint density at radius 3 is 1.26 bits per heavy atom. The van der Waals surface area contributed by atoms with Gasteiger partial charge in [-0.25, -0.2) is 0 Å². The molecule has 0 radical (unpaired) electrons. The monoisotopic (exact) mass is 528 g/mol. The number of benzene rings is 4. The van der Waals surface area contributed by atoms with Crippen molar-refractivity contribution in [3.63, 3.8) is 0 Å². The van der Waals surface area contributed by atoms with Crippen LogP contribution in [-0.4, -0.2) is 16.1 Å². The lowest BCUT2D eigenvalue weighted by Gasteiger charge is -2.35. The van der Waals surface area contributed by atoms with Crippen molar-refractivity contribution in [3.8, 4) is 22.3 Å². The Morgan fingerprint density at radius 1 is 0.500 bits per heavy atom. The van der Waals surface area contributed by atoms with Crippen LogP contribution in [0.25, 0.3) is 33.4 Å². The van der Waals surface area contributed by atoms with Gasteiger partial charge in [-0.3, -0.25) is 0 Å². The highest BCUT2D eigenvalue weighted by Gasteiger charge is 2.47. The summed E-state index contributed by atoms with van der Waals surface area (Å²) in [4.78, 5) is 1.85. The van der Waals surface area contributed by atoms with E-state index < -0.39 is 16.1 Å². The molecule has 192 valence electrons. The van der Waals surface area contributed by atoms with Crippen LogP contribution in [0.4, 0.5) is 0 Å². The van der Waals surface area contributed by atoms with Crippen molar-refractivity contribution in [3.05, 3.63) is 130 Å². The van der Waals surface area contributed by atoms with Gasteiger partial charge in [0.1, 0.15) is 0 Å². The van der Waals surface area contributed by atoms with Crippen LogP contribution in [0, 0.1) is 0 Å². The number of hydrogen-bond acceptors (Lipinski definition) is 0. The minimum atomic E-state index is -1.78. The molecule has 1 heterocycles. The standard InChI is InChI=1S/C36H40Si2/c1-7-33-34(31-23-19-29(20-24-31)27-15-11-9-12-16-27)35(36(38(33,5)6)37(3,4)8-2)32-25-21-30(22-26-32)28-17-13-10-14-18-28/h9-26H,7-8H2,1-6H3. The molecule has 4 aromatic carbocycles. The summed E-state index contributed by atoms with van der Waals surface area (Å²) in [6.45, 7) is 15.2. The molecule has 0 N–H and O–H groups in total. The zero-order valence-electron chi connectivity index (χ0n) is 23.8. The highest BCUT2D eigenvalue weighted by atomic mass is 28.4. The van der Waals surface area contributed by atoms with E-state index in [0.29, 0.717) is 0 Å². The summed E-state index contributed by atoms with van der Waals surface area (Å²) >= 11 is 0. The van der Waals surface area contributed by atoms with Crippen molar-refractivity contribution in [2.45, 2.75) is 52.5 Å². The average molecular weight is 529 g/mol. The topological polar surface area (TPSA) is 0 Å². The molecule has 0 saturated carbocycles. The Hall–Kier alpha value is -3.21. The third kappa shape index (κ3) is 4.72. The quantitative estimate of drug-likeness (QED) is 0.209. The lowest BCUT2D eigenvalue weighted by molar-refractivity contribution is 1.18. The number of rotatable bonds is 7. The minimum Gasteiger partial charge on any atom is -0.0783 e. The first-order valence-corrected chi connectivity index (χ1v) is 20.3. The normalized spacial score (nSPS) is 15.3. The fourth-order valence-corrected chi connectivity index (χ4v) is 18.6. The Balaban J connectivity index is 1.69. The molecule has 0 bridgehead atoms. The fourth-order valence-electron chi connectivity index (χ4n) is 6.56. The van der Waals surface area contributed by atoms with Crippen LogP contribution >= 0.6 is 0 Å². The van der Waals surface area contributed by atoms with Gasteiger partial charge in [0.2, 0.25) is 0 Å². The van der Waals surface area contributed by atoms with Gasteiger partial charge in [0.25, 0.3) is 0 Å². The molecule has 0 fully saturated rings. The van der Waals surface area contributed by atoms with Crippen molar-refractivity contribution < 1.29 is 0 Å². The first-order valence-electron chi connectivity index (χ1n) is 14.1. The molecule has 1 aliphatic rings.